The van der Waals surface area contributed by atoms with Gasteiger partial charge in [0, 0.05) is 31.7 Å². The number of nitrogens with one attached hydrogen (secondary N) is 1. The molecule has 0 radical (unpaired) electrons. The fourth-order valence-corrected chi connectivity index (χ4v) is 4.11. The minimum absolute atomic E-state index is 0.137. The van der Waals surface area contributed by atoms with Crippen molar-refractivity contribution in [3.05, 3.63) is 57.5 Å². The van der Waals surface area contributed by atoms with Crippen molar-refractivity contribution in [3.8, 4) is 5.75 Å². The summed E-state index contributed by atoms with van der Waals surface area (Å²) in [5, 5.41) is 13.0. The Hall–Kier alpha value is -2.74. The van der Waals surface area contributed by atoms with Crippen molar-refractivity contribution in [1.82, 2.24) is 14.9 Å². The molecule has 1 fully saturated rings. The van der Waals surface area contributed by atoms with Crippen molar-refractivity contribution < 1.29 is 19.0 Å². The largest absolute Gasteiger partial charge is 0.501 e. The van der Waals surface area contributed by atoms with Crippen molar-refractivity contribution >= 4 is 5.91 Å². The van der Waals surface area contributed by atoms with Gasteiger partial charge in [-0.2, -0.15) is 0 Å². The molecule has 2 aliphatic heterocycles. The summed E-state index contributed by atoms with van der Waals surface area (Å²) in [6.45, 7) is 1.79. The molecule has 0 saturated carbocycles. The number of hydrogen-bond donors (Lipinski definition) is 2. The third-order valence-electron chi connectivity index (χ3n) is 5.69. The molecule has 8 heteroatoms. The van der Waals surface area contributed by atoms with Gasteiger partial charge < -0.3 is 15.2 Å². The first-order valence-corrected chi connectivity index (χ1v) is 9.45. The van der Waals surface area contributed by atoms with Crippen LogP contribution in [0.5, 0.6) is 5.75 Å². The predicted octanol–water partition coefficient (Wildman–Crippen LogP) is 1.86. The van der Waals surface area contributed by atoms with Crippen LogP contribution in [0.25, 0.3) is 0 Å². The molecule has 2 N–H and O–H groups in total. The normalized spacial score (nSPS) is 17.9. The second-order valence-electron chi connectivity index (χ2n) is 7.39. The van der Waals surface area contributed by atoms with E-state index in [1.54, 1.807) is 12.1 Å². The molecule has 1 amide bonds. The fraction of sp³-hybridized carbons (Fsp3) is 0.450. The van der Waals surface area contributed by atoms with Gasteiger partial charge in [0.1, 0.15) is 11.6 Å². The van der Waals surface area contributed by atoms with Gasteiger partial charge in [-0.1, -0.05) is 12.1 Å². The lowest BCUT2D eigenvalue weighted by atomic mass is 9.73. The van der Waals surface area contributed by atoms with Crippen molar-refractivity contribution in [3.63, 3.8) is 0 Å². The van der Waals surface area contributed by atoms with Crippen LogP contribution in [0.2, 0.25) is 0 Å². The number of carbonyl (C=O) groups excluding carboxylic acids is 1. The van der Waals surface area contributed by atoms with Crippen LogP contribution in [0.3, 0.4) is 0 Å². The van der Waals surface area contributed by atoms with Crippen LogP contribution >= 0.6 is 0 Å². The Morgan fingerprint density at radius 1 is 1.25 bits per heavy atom. The van der Waals surface area contributed by atoms with Crippen LogP contribution in [-0.2, 0) is 23.2 Å². The Balaban J connectivity index is 1.65. The van der Waals surface area contributed by atoms with Crippen LogP contribution in [0, 0.1) is 5.82 Å². The molecular weight excluding hydrogens is 365 g/mol. The number of nitrogens with zero attached hydrogens (tertiary/aromatic N) is 2. The van der Waals surface area contributed by atoms with Gasteiger partial charge in [0.05, 0.1) is 0 Å². The van der Waals surface area contributed by atoms with E-state index in [1.165, 1.54) is 16.7 Å². The summed E-state index contributed by atoms with van der Waals surface area (Å²) < 4.78 is 20.0. The van der Waals surface area contributed by atoms with Gasteiger partial charge in [-0.3, -0.25) is 14.2 Å². The molecular formula is C20H22FN3O4. The topological polar surface area (TPSA) is 93.5 Å². The molecule has 2 aromatic rings. The van der Waals surface area contributed by atoms with Gasteiger partial charge in [0.2, 0.25) is 5.75 Å². The van der Waals surface area contributed by atoms with Crippen molar-refractivity contribution in [2.45, 2.75) is 44.2 Å². The molecule has 1 saturated heterocycles. The zero-order valence-corrected chi connectivity index (χ0v) is 15.4. The lowest BCUT2D eigenvalue weighted by molar-refractivity contribution is 0.0349. The fourth-order valence-electron chi connectivity index (χ4n) is 4.11. The second-order valence-corrected chi connectivity index (χ2v) is 7.39. The summed E-state index contributed by atoms with van der Waals surface area (Å²) in [5.41, 5.74) is -0.437. The van der Waals surface area contributed by atoms with Crippen LogP contribution in [0.1, 0.15) is 47.6 Å². The van der Waals surface area contributed by atoms with E-state index in [9.17, 15) is 19.1 Å². The molecule has 0 atom stereocenters. The predicted molar refractivity (Wildman–Crippen MR) is 98.7 cm³/mol. The summed E-state index contributed by atoms with van der Waals surface area (Å²) in [6.07, 6.45) is 3.18. The van der Waals surface area contributed by atoms with Gasteiger partial charge in [0.25, 0.3) is 11.5 Å². The average Bonchev–Trinajstić information content (AvgIpc) is 2.71. The number of amides is 1. The molecule has 7 nitrogen and oxygen atoms in total. The van der Waals surface area contributed by atoms with Crippen LogP contribution < -0.4 is 10.9 Å². The quantitative estimate of drug-likeness (QED) is 0.839. The third-order valence-corrected chi connectivity index (χ3v) is 5.69. The summed E-state index contributed by atoms with van der Waals surface area (Å²) in [6, 6.07) is 5.72. The summed E-state index contributed by atoms with van der Waals surface area (Å²) in [5.74, 6) is -1.06. The Morgan fingerprint density at radius 3 is 2.68 bits per heavy atom. The van der Waals surface area contributed by atoms with Gasteiger partial charge in [-0.05, 0) is 43.4 Å². The summed E-state index contributed by atoms with van der Waals surface area (Å²) >= 11 is 0. The highest BCUT2D eigenvalue weighted by Gasteiger charge is 2.41. The van der Waals surface area contributed by atoms with Crippen molar-refractivity contribution in [1.29, 1.82) is 0 Å². The molecule has 0 bridgehead atoms. The first-order valence-electron chi connectivity index (χ1n) is 9.45. The van der Waals surface area contributed by atoms with Crippen LogP contribution in [0.4, 0.5) is 4.39 Å². The number of rotatable bonds is 3. The van der Waals surface area contributed by atoms with Gasteiger partial charge in [-0.15, -0.1) is 0 Å². The van der Waals surface area contributed by atoms with Crippen molar-refractivity contribution in [2.75, 3.05) is 13.2 Å². The van der Waals surface area contributed by atoms with Crippen molar-refractivity contribution in [2.24, 2.45) is 0 Å². The SMILES string of the molecule is O=C(NCc1ccc(F)cc1)c1nc2n(c(=O)c1O)CCCC21CCOCC1. The molecule has 0 unspecified atom stereocenters. The first-order chi connectivity index (χ1) is 13.5. The maximum atomic E-state index is 13.0. The summed E-state index contributed by atoms with van der Waals surface area (Å²) in [7, 11) is 0. The number of aromatic nitrogens is 2. The molecule has 28 heavy (non-hydrogen) atoms. The number of fused-ring (bicyclic) bond motifs is 2. The second kappa shape index (κ2) is 7.35. The van der Waals surface area contributed by atoms with E-state index in [-0.39, 0.29) is 23.5 Å². The molecule has 148 valence electrons. The Kier molecular flexibility index (Phi) is 4.89. The summed E-state index contributed by atoms with van der Waals surface area (Å²) in [4.78, 5) is 29.8. The number of halogens is 1. The molecule has 1 spiro atoms. The van der Waals surface area contributed by atoms with E-state index in [2.05, 4.69) is 10.3 Å². The molecule has 0 aliphatic carbocycles. The van der Waals surface area contributed by atoms with E-state index in [0.717, 1.165) is 25.7 Å². The van der Waals surface area contributed by atoms with E-state index in [4.69, 9.17) is 4.74 Å². The average molecular weight is 387 g/mol. The first kappa shape index (κ1) is 18.6. The van der Waals surface area contributed by atoms with Crippen LogP contribution in [0.15, 0.2) is 29.1 Å². The number of ether oxygens (including phenoxy) is 1. The molecule has 3 heterocycles. The van der Waals surface area contributed by atoms with E-state index >= 15 is 0 Å². The number of hydrogen-bond acceptors (Lipinski definition) is 5. The Labute approximate surface area is 161 Å². The maximum Gasteiger partial charge on any atom is 0.296 e. The maximum absolute atomic E-state index is 13.0. The highest BCUT2D eigenvalue weighted by molar-refractivity contribution is 5.94. The third kappa shape index (κ3) is 3.28. The monoisotopic (exact) mass is 387 g/mol. The molecule has 1 aromatic carbocycles. The molecule has 4 rings (SSSR count). The van der Waals surface area contributed by atoms with E-state index in [1.807, 2.05) is 0 Å². The minimum Gasteiger partial charge on any atom is -0.501 e. The minimum atomic E-state index is -0.635. The van der Waals surface area contributed by atoms with E-state index in [0.29, 0.717) is 31.1 Å². The van der Waals surface area contributed by atoms with E-state index < -0.39 is 17.2 Å². The van der Waals surface area contributed by atoms with Gasteiger partial charge >= 0.3 is 0 Å². The molecule has 1 aromatic heterocycles. The number of benzene rings is 1. The Bertz CT molecular complexity index is 949. The number of carbonyl (C=O) groups is 1. The Morgan fingerprint density at radius 2 is 1.96 bits per heavy atom. The van der Waals surface area contributed by atoms with Gasteiger partial charge in [0.15, 0.2) is 5.69 Å². The smallest absolute Gasteiger partial charge is 0.296 e. The highest BCUT2D eigenvalue weighted by atomic mass is 19.1. The lowest BCUT2D eigenvalue weighted by Crippen LogP contribution is -2.45. The lowest BCUT2D eigenvalue weighted by Gasteiger charge is -2.41. The molecule has 2 aliphatic rings. The number of aromatic hydroxyl groups is 1. The van der Waals surface area contributed by atoms with Crippen LogP contribution in [-0.4, -0.2) is 33.8 Å². The highest BCUT2D eigenvalue weighted by Crippen LogP contribution is 2.40. The zero-order chi connectivity index (χ0) is 19.7. The van der Waals surface area contributed by atoms with Gasteiger partial charge in [-0.25, -0.2) is 9.37 Å². The zero-order valence-electron chi connectivity index (χ0n) is 15.4. The standard InChI is InChI=1S/C20H22FN3O4/c21-14-4-2-13(3-5-14)12-22-17(26)15-16(25)18(27)24-9-1-6-20(19(24)23-15)7-10-28-11-8-20/h2-5,25H,1,6-12H2,(H,22,26).